The van der Waals surface area contributed by atoms with Gasteiger partial charge in [0.2, 0.25) is 5.91 Å². The van der Waals surface area contributed by atoms with Gasteiger partial charge in [-0.15, -0.1) is 0 Å². The second kappa shape index (κ2) is 5.92. The van der Waals surface area contributed by atoms with Crippen LogP contribution in [0.3, 0.4) is 0 Å². The number of halogens is 2. The van der Waals surface area contributed by atoms with E-state index in [0.717, 1.165) is 40.7 Å². The van der Waals surface area contributed by atoms with Crippen LogP contribution in [0.2, 0.25) is 10.0 Å². The molecule has 2 N–H and O–H groups in total. The maximum absolute atomic E-state index is 11.9. The Balaban J connectivity index is 1.86. The molecule has 0 saturated carbocycles. The summed E-state index contributed by atoms with van der Waals surface area (Å²) in [4.78, 5) is 13.6. The fraction of sp³-hybridized carbons (Fsp3) is 0.294. The van der Waals surface area contributed by atoms with E-state index >= 15 is 0 Å². The minimum atomic E-state index is -0.467. The molecule has 0 bridgehead atoms. The Morgan fingerprint density at radius 2 is 2.25 bits per heavy atom. The van der Waals surface area contributed by atoms with Gasteiger partial charge in [0.15, 0.2) is 0 Å². The molecule has 0 atom stereocenters. The predicted molar refractivity (Wildman–Crippen MR) is 93.0 cm³/mol. The zero-order valence-corrected chi connectivity index (χ0v) is 14.3. The van der Waals surface area contributed by atoms with Crippen molar-refractivity contribution in [2.75, 3.05) is 19.7 Å². The Morgan fingerprint density at radius 3 is 2.96 bits per heavy atom. The molecule has 1 amide bonds. The van der Waals surface area contributed by atoms with Gasteiger partial charge in [0.05, 0.1) is 16.2 Å². The third-order valence-electron chi connectivity index (χ3n) is 4.77. The smallest absolute Gasteiger partial charge is 0.248 e. The van der Waals surface area contributed by atoms with Gasteiger partial charge in [0, 0.05) is 24.8 Å². The van der Waals surface area contributed by atoms with Gasteiger partial charge in [-0.2, -0.15) is 5.10 Å². The summed E-state index contributed by atoms with van der Waals surface area (Å²) in [6.45, 7) is 0.647. The van der Waals surface area contributed by atoms with Crippen molar-refractivity contribution >= 4 is 34.7 Å². The van der Waals surface area contributed by atoms with Crippen LogP contribution in [0.25, 0.3) is 16.7 Å². The third-order valence-corrected chi connectivity index (χ3v) is 5.59. The van der Waals surface area contributed by atoms with Gasteiger partial charge in [0.25, 0.3) is 0 Å². The van der Waals surface area contributed by atoms with E-state index in [1.807, 2.05) is 12.3 Å². The number of hydrogen-bond acceptors (Lipinski definition) is 3. The van der Waals surface area contributed by atoms with E-state index in [0.29, 0.717) is 23.1 Å². The van der Waals surface area contributed by atoms with Crippen LogP contribution in [-0.2, 0) is 11.2 Å². The number of amides is 1. The van der Waals surface area contributed by atoms with Crippen molar-refractivity contribution in [2.45, 2.75) is 12.8 Å². The van der Waals surface area contributed by atoms with Gasteiger partial charge >= 0.3 is 0 Å². The number of carbonyl (C=O) groups is 1. The molecule has 5 nitrogen and oxygen atoms in total. The molecule has 0 saturated heterocycles. The van der Waals surface area contributed by atoms with E-state index in [4.69, 9.17) is 28.3 Å². The Labute approximate surface area is 148 Å². The largest absolute Gasteiger partial charge is 0.387 e. The van der Waals surface area contributed by atoms with Gasteiger partial charge in [-0.05, 0) is 41.2 Å². The first-order valence-electron chi connectivity index (χ1n) is 7.70. The fourth-order valence-electron chi connectivity index (χ4n) is 3.59. The number of fused-ring (bicyclic) bond motifs is 2. The molecular formula is C17H15Cl2N3O2. The molecule has 24 heavy (non-hydrogen) atoms. The molecule has 0 unspecified atom stereocenters. The topological polar surface area (TPSA) is 69.2 Å². The van der Waals surface area contributed by atoms with Crippen LogP contribution >= 0.6 is 23.2 Å². The normalized spacial score (nSPS) is 16.4. The molecule has 4 rings (SSSR count). The first-order chi connectivity index (χ1) is 11.6. The van der Waals surface area contributed by atoms with Crippen molar-refractivity contribution in [2.24, 2.45) is 0 Å². The standard InChI is InChI=1S/C17H15Cl2N3O2/c18-14-4-11(10-5-20-21-6-10)16-12(17(14)19)3-9-1-2-22(7-13(9)16)15(24)8-23/h4-6,23H,1-3,7-8H2,(H,20,21). The van der Waals surface area contributed by atoms with Crippen LogP contribution in [0.15, 0.2) is 24.0 Å². The van der Waals surface area contributed by atoms with Crippen molar-refractivity contribution in [3.63, 3.8) is 0 Å². The van der Waals surface area contributed by atoms with Crippen molar-refractivity contribution in [1.29, 1.82) is 0 Å². The molecular weight excluding hydrogens is 349 g/mol. The SMILES string of the molecule is O=C(CO)N1CCC2=C(C1)c1c(-c3cn[nH]c3)cc(Cl)c(Cl)c1C2. The highest BCUT2D eigenvalue weighted by molar-refractivity contribution is 6.43. The van der Waals surface area contributed by atoms with Crippen molar-refractivity contribution < 1.29 is 9.90 Å². The fourth-order valence-corrected chi connectivity index (χ4v) is 4.03. The summed E-state index contributed by atoms with van der Waals surface area (Å²) in [5.74, 6) is -0.250. The number of carbonyl (C=O) groups excluding carboxylic acids is 1. The van der Waals surface area contributed by atoms with E-state index in [1.54, 1.807) is 11.1 Å². The second-order valence-corrected chi connectivity index (χ2v) is 6.83. The third kappa shape index (κ3) is 2.35. The Kier molecular flexibility index (Phi) is 3.87. The summed E-state index contributed by atoms with van der Waals surface area (Å²) >= 11 is 12.8. The average molecular weight is 364 g/mol. The molecule has 1 aliphatic heterocycles. The predicted octanol–water partition coefficient (Wildman–Crippen LogP) is 2.92. The van der Waals surface area contributed by atoms with E-state index in [2.05, 4.69) is 10.2 Å². The number of nitrogens with zero attached hydrogens (tertiary/aromatic N) is 2. The van der Waals surface area contributed by atoms with E-state index < -0.39 is 6.61 Å². The molecule has 7 heteroatoms. The summed E-state index contributed by atoms with van der Waals surface area (Å²) in [6, 6.07) is 1.86. The summed E-state index contributed by atoms with van der Waals surface area (Å²) < 4.78 is 0. The molecule has 2 heterocycles. The Morgan fingerprint density at radius 1 is 1.42 bits per heavy atom. The zero-order valence-electron chi connectivity index (χ0n) is 12.8. The van der Waals surface area contributed by atoms with Crippen LogP contribution in [0, 0.1) is 0 Å². The number of rotatable bonds is 2. The number of H-pyrrole nitrogens is 1. The van der Waals surface area contributed by atoms with Crippen LogP contribution in [0.5, 0.6) is 0 Å². The van der Waals surface area contributed by atoms with Crippen LogP contribution in [0.1, 0.15) is 17.5 Å². The Bertz CT molecular complexity index is 859. The van der Waals surface area contributed by atoms with E-state index in [1.165, 1.54) is 5.57 Å². The minimum absolute atomic E-state index is 0.250. The lowest BCUT2D eigenvalue weighted by atomic mass is 9.93. The first-order valence-corrected chi connectivity index (χ1v) is 8.45. The second-order valence-electron chi connectivity index (χ2n) is 6.04. The van der Waals surface area contributed by atoms with Gasteiger partial charge < -0.3 is 10.0 Å². The number of aliphatic hydroxyl groups excluding tert-OH is 1. The number of hydrogen-bond donors (Lipinski definition) is 2. The lowest BCUT2D eigenvalue weighted by molar-refractivity contribution is -0.133. The van der Waals surface area contributed by atoms with E-state index in [-0.39, 0.29) is 5.91 Å². The number of aliphatic hydroxyl groups is 1. The van der Waals surface area contributed by atoms with Gasteiger partial charge in [0.1, 0.15) is 6.61 Å². The monoisotopic (exact) mass is 363 g/mol. The molecule has 0 spiro atoms. The summed E-state index contributed by atoms with van der Waals surface area (Å²) in [5, 5.41) is 17.1. The number of aromatic nitrogens is 2. The van der Waals surface area contributed by atoms with Crippen LogP contribution < -0.4 is 0 Å². The van der Waals surface area contributed by atoms with Gasteiger partial charge in [-0.3, -0.25) is 9.89 Å². The average Bonchev–Trinajstić information content (AvgIpc) is 3.24. The number of nitrogens with one attached hydrogen (secondary N) is 1. The molecule has 0 fully saturated rings. The van der Waals surface area contributed by atoms with Crippen LogP contribution in [-0.4, -0.2) is 45.8 Å². The van der Waals surface area contributed by atoms with Crippen molar-refractivity contribution in [3.05, 3.63) is 45.2 Å². The van der Waals surface area contributed by atoms with Gasteiger partial charge in [-0.1, -0.05) is 28.8 Å². The maximum Gasteiger partial charge on any atom is 0.248 e. The maximum atomic E-state index is 11.9. The quantitative estimate of drug-likeness (QED) is 0.861. The summed E-state index contributed by atoms with van der Waals surface area (Å²) in [6.07, 6.45) is 5.11. The molecule has 124 valence electrons. The molecule has 1 aliphatic carbocycles. The molecule has 2 aliphatic rings. The minimum Gasteiger partial charge on any atom is -0.387 e. The Hall–Kier alpha value is -1.82. The number of benzene rings is 1. The lowest BCUT2D eigenvalue weighted by Gasteiger charge is -2.28. The highest BCUT2D eigenvalue weighted by atomic mass is 35.5. The van der Waals surface area contributed by atoms with Gasteiger partial charge in [-0.25, -0.2) is 0 Å². The van der Waals surface area contributed by atoms with E-state index in [9.17, 15) is 4.79 Å². The highest BCUT2D eigenvalue weighted by Gasteiger charge is 2.33. The lowest BCUT2D eigenvalue weighted by Crippen LogP contribution is -2.37. The van der Waals surface area contributed by atoms with Crippen molar-refractivity contribution in [3.8, 4) is 11.1 Å². The summed E-state index contributed by atoms with van der Waals surface area (Å²) in [7, 11) is 0. The molecule has 1 aromatic heterocycles. The molecule has 0 radical (unpaired) electrons. The highest BCUT2D eigenvalue weighted by Crippen LogP contribution is 2.47. The van der Waals surface area contributed by atoms with Crippen molar-refractivity contribution in [1.82, 2.24) is 15.1 Å². The number of aromatic amines is 1. The first kappa shape index (κ1) is 15.7. The zero-order chi connectivity index (χ0) is 16.8. The van der Waals surface area contributed by atoms with Crippen LogP contribution in [0.4, 0.5) is 0 Å². The molecule has 2 aromatic rings. The molecule has 1 aromatic carbocycles. The summed E-state index contributed by atoms with van der Waals surface area (Å²) in [5.41, 5.74) is 6.38.